The average Bonchev–Trinajstić information content (AvgIpc) is 2.75. The Hall–Kier alpha value is -2.64. The predicted octanol–water partition coefficient (Wildman–Crippen LogP) is 2.92. The van der Waals surface area contributed by atoms with Crippen molar-refractivity contribution in [3.63, 3.8) is 0 Å². The number of hydrogen-bond acceptors (Lipinski definition) is 5. The van der Waals surface area contributed by atoms with Crippen LogP contribution in [-0.4, -0.2) is 58.5 Å². The molecule has 1 amide bonds. The summed E-state index contributed by atoms with van der Waals surface area (Å²) in [6.07, 6.45) is 0. The van der Waals surface area contributed by atoms with E-state index in [0.29, 0.717) is 21.9 Å². The first-order valence-electron chi connectivity index (χ1n) is 10.1. The molecular weight excluding hydrogens is 396 g/mol. The molecule has 0 unspecified atom stereocenters. The standard InChI is InChI=1S/C23H26N4O2S/c1-16-6-4-9-19-20(16)22(29)26(3)23(24-19)30-15-17-7-5-8-18(14-17)21(28)27-12-10-25(2)11-13-27/h4-9,14H,10-13,15H2,1-3H3. The third kappa shape index (κ3) is 4.13. The van der Waals surface area contributed by atoms with Gasteiger partial charge >= 0.3 is 0 Å². The number of piperazine rings is 1. The molecule has 0 bridgehead atoms. The number of hydrogen-bond donors (Lipinski definition) is 0. The number of carbonyl (C=O) groups is 1. The van der Waals surface area contributed by atoms with Crippen molar-refractivity contribution in [3.05, 3.63) is 69.5 Å². The molecule has 3 aromatic rings. The van der Waals surface area contributed by atoms with Crippen LogP contribution in [0.15, 0.2) is 52.4 Å². The molecule has 0 N–H and O–H groups in total. The molecule has 1 aromatic heterocycles. The molecule has 2 heterocycles. The molecule has 7 heteroatoms. The Bertz CT molecular complexity index is 1150. The van der Waals surface area contributed by atoms with Gasteiger partial charge in [-0.25, -0.2) is 4.98 Å². The van der Waals surface area contributed by atoms with Crippen LogP contribution in [0, 0.1) is 6.92 Å². The van der Waals surface area contributed by atoms with E-state index in [2.05, 4.69) is 11.9 Å². The van der Waals surface area contributed by atoms with Crippen molar-refractivity contribution >= 4 is 28.6 Å². The number of fused-ring (bicyclic) bond motifs is 1. The van der Waals surface area contributed by atoms with Crippen molar-refractivity contribution in [2.75, 3.05) is 33.2 Å². The number of carbonyl (C=O) groups excluding carboxylic acids is 1. The van der Waals surface area contributed by atoms with Crippen LogP contribution in [0.5, 0.6) is 0 Å². The Labute approximate surface area is 180 Å². The van der Waals surface area contributed by atoms with Crippen molar-refractivity contribution in [1.82, 2.24) is 19.4 Å². The third-order valence-corrected chi connectivity index (χ3v) is 6.71. The van der Waals surface area contributed by atoms with Crippen molar-refractivity contribution in [2.24, 2.45) is 7.05 Å². The summed E-state index contributed by atoms with van der Waals surface area (Å²) in [5, 5.41) is 1.35. The van der Waals surface area contributed by atoms with Gasteiger partial charge in [0.1, 0.15) is 0 Å². The van der Waals surface area contributed by atoms with E-state index in [0.717, 1.165) is 42.8 Å². The normalized spacial score (nSPS) is 15.0. The lowest BCUT2D eigenvalue weighted by atomic mass is 10.1. The number of aryl methyl sites for hydroxylation is 1. The Morgan fingerprint density at radius 2 is 1.80 bits per heavy atom. The number of aromatic nitrogens is 2. The predicted molar refractivity (Wildman–Crippen MR) is 121 cm³/mol. The maximum Gasteiger partial charge on any atom is 0.262 e. The largest absolute Gasteiger partial charge is 0.336 e. The minimum atomic E-state index is -0.0282. The zero-order valence-electron chi connectivity index (χ0n) is 17.6. The molecule has 1 aliphatic rings. The molecule has 0 atom stereocenters. The minimum absolute atomic E-state index is 0.0282. The topological polar surface area (TPSA) is 58.4 Å². The van der Waals surface area contributed by atoms with E-state index in [1.807, 2.05) is 54.3 Å². The van der Waals surface area contributed by atoms with Crippen LogP contribution in [0.2, 0.25) is 0 Å². The molecule has 1 aliphatic heterocycles. The van der Waals surface area contributed by atoms with E-state index in [9.17, 15) is 9.59 Å². The third-order valence-electron chi connectivity index (χ3n) is 5.60. The van der Waals surface area contributed by atoms with Gasteiger partial charge in [0.15, 0.2) is 5.16 Å². The number of thioether (sulfide) groups is 1. The summed E-state index contributed by atoms with van der Waals surface area (Å²) in [7, 11) is 3.84. The molecule has 156 valence electrons. The lowest BCUT2D eigenvalue weighted by Crippen LogP contribution is -2.47. The van der Waals surface area contributed by atoms with E-state index in [1.165, 1.54) is 11.8 Å². The molecule has 6 nitrogen and oxygen atoms in total. The van der Waals surface area contributed by atoms with Crippen molar-refractivity contribution in [2.45, 2.75) is 17.8 Å². The van der Waals surface area contributed by atoms with Gasteiger partial charge in [-0.2, -0.15) is 0 Å². The van der Waals surface area contributed by atoms with Gasteiger partial charge in [0.05, 0.1) is 10.9 Å². The zero-order valence-corrected chi connectivity index (χ0v) is 18.4. The first-order valence-corrected chi connectivity index (χ1v) is 11.1. The van der Waals surface area contributed by atoms with Gasteiger partial charge in [0, 0.05) is 44.5 Å². The number of nitrogens with zero attached hydrogens (tertiary/aromatic N) is 4. The van der Waals surface area contributed by atoms with Crippen LogP contribution < -0.4 is 5.56 Å². The summed E-state index contributed by atoms with van der Waals surface area (Å²) in [6.45, 7) is 5.26. The highest BCUT2D eigenvalue weighted by molar-refractivity contribution is 7.98. The van der Waals surface area contributed by atoms with Crippen LogP contribution in [-0.2, 0) is 12.8 Å². The second kappa shape index (κ2) is 8.62. The second-order valence-corrected chi connectivity index (χ2v) is 8.75. The number of likely N-dealkylation sites (N-methyl/N-ethyl adjacent to an activating group) is 1. The van der Waals surface area contributed by atoms with Gasteiger partial charge in [-0.3, -0.25) is 14.2 Å². The van der Waals surface area contributed by atoms with E-state index >= 15 is 0 Å². The van der Waals surface area contributed by atoms with Gasteiger partial charge < -0.3 is 9.80 Å². The highest BCUT2D eigenvalue weighted by Crippen LogP contribution is 2.23. The molecule has 4 rings (SSSR count). The van der Waals surface area contributed by atoms with Crippen LogP contribution in [0.25, 0.3) is 10.9 Å². The zero-order chi connectivity index (χ0) is 21.3. The van der Waals surface area contributed by atoms with E-state index in [1.54, 1.807) is 11.6 Å². The molecule has 0 radical (unpaired) electrons. The molecule has 1 saturated heterocycles. The molecular formula is C23H26N4O2S. The maximum atomic E-state index is 12.9. The van der Waals surface area contributed by atoms with Crippen molar-refractivity contribution in [1.29, 1.82) is 0 Å². The molecule has 30 heavy (non-hydrogen) atoms. The number of benzene rings is 2. The van der Waals surface area contributed by atoms with Gasteiger partial charge in [-0.1, -0.05) is 36.0 Å². The molecule has 0 spiro atoms. The van der Waals surface area contributed by atoms with E-state index < -0.39 is 0 Å². The van der Waals surface area contributed by atoms with E-state index in [-0.39, 0.29) is 11.5 Å². The fraction of sp³-hybridized carbons (Fsp3) is 0.348. The van der Waals surface area contributed by atoms with Crippen molar-refractivity contribution < 1.29 is 4.79 Å². The maximum absolute atomic E-state index is 12.9. The van der Waals surface area contributed by atoms with Gasteiger partial charge in [0.25, 0.3) is 11.5 Å². The van der Waals surface area contributed by atoms with Crippen LogP contribution >= 0.6 is 11.8 Å². The van der Waals surface area contributed by atoms with Gasteiger partial charge in [-0.15, -0.1) is 0 Å². The first-order chi connectivity index (χ1) is 14.4. The monoisotopic (exact) mass is 422 g/mol. The second-order valence-electron chi connectivity index (χ2n) is 7.81. The smallest absolute Gasteiger partial charge is 0.262 e. The Kier molecular flexibility index (Phi) is 5.92. The Morgan fingerprint density at radius 1 is 1.07 bits per heavy atom. The van der Waals surface area contributed by atoms with Crippen molar-refractivity contribution in [3.8, 4) is 0 Å². The van der Waals surface area contributed by atoms with Gasteiger partial charge in [-0.05, 0) is 43.3 Å². The highest BCUT2D eigenvalue weighted by Gasteiger charge is 2.20. The lowest BCUT2D eigenvalue weighted by Gasteiger charge is -2.32. The molecule has 2 aromatic carbocycles. The summed E-state index contributed by atoms with van der Waals surface area (Å²) in [4.78, 5) is 34.5. The summed E-state index contributed by atoms with van der Waals surface area (Å²) in [6, 6.07) is 13.5. The molecule has 0 aliphatic carbocycles. The minimum Gasteiger partial charge on any atom is -0.336 e. The number of rotatable bonds is 4. The van der Waals surface area contributed by atoms with Crippen LogP contribution in [0.4, 0.5) is 0 Å². The fourth-order valence-corrected chi connectivity index (χ4v) is 4.63. The summed E-state index contributed by atoms with van der Waals surface area (Å²) in [5.41, 5.74) is 3.39. The summed E-state index contributed by atoms with van der Waals surface area (Å²) >= 11 is 1.51. The quantitative estimate of drug-likeness (QED) is 0.478. The molecule has 1 fully saturated rings. The Balaban J connectivity index is 1.52. The summed E-state index contributed by atoms with van der Waals surface area (Å²) in [5.74, 6) is 0.725. The number of amides is 1. The van der Waals surface area contributed by atoms with Crippen LogP contribution in [0.1, 0.15) is 21.5 Å². The molecule has 0 saturated carbocycles. The highest BCUT2D eigenvalue weighted by atomic mass is 32.2. The fourth-order valence-electron chi connectivity index (χ4n) is 3.72. The first kappa shape index (κ1) is 20.6. The van der Waals surface area contributed by atoms with Crippen LogP contribution in [0.3, 0.4) is 0 Å². The van der Waals surface area contributed by atoms with E-state index in [4.69, 9.17) is 4.98 Å². The van der Waals surface area contributed by atoms with Gasteiger partial charge in [0.2, 0.25) is 0 Å². The Morgan fingerprint density at radius 3 is 2.57 bits per heavy atom. The average molecular weight is 423 g/mol. The lowest BCUT2D eigenvalue weighted by molar-refractivity contribution is 0.0664. The summed E-state index contributed by atoms with van der Waals surface area (Å²) < 4.78 is 1.61. The SMILES string of the molecule is Cc1cccc2nc(SCc3cccc(C(=O)N4CCN(C)CC4)c3)n(C)c(=O)c12.